The Morgan fingerprint density at radius 1 is 1.06 bits per heavy atom. The van der Waals surface area contributed by atoms with Crippen molar-refractivity contribution in [1.29, 1.82) is 0 Å². The molecule has 1 N–H and O–H groups in total. The van der Waals surface area contributed by atoms with Gasteiger partial charge in [0.2, 0.25) is 5.91 Å². The second kappa shape index (κ2) is 9.11. The van der Waals surface area contributed by atoms with Gasteiger partial charge in [0.15, 0.2) is 0 Å². The summed E-state index contributed by atoms with van der Waals surface area (Å²) in [6.07, 6.45) is 4.78. The van der Waals surface area contributed by atoms with Crippen molar-refractivity contribution in [2.75, 3.05) is 39.4 Å². The van der Waals surface area contributed by atoms with E-state index in [1.807, 2.05) is 18.7 Å². The van der Waals surface area contributed by atoms with Crippen molar-refractivity contribution in [3.05, 3.63) is 0 Å². The first-order chi connectivity index (χ1) is 15.4. The molecule has 2 saturated carbocycles. The van der Waals surface area contributed by atoms with Crippen LogP contribution in [0.1, 0.15) is 52.9 Å². The summed E-state index contributed by atoms with van der Waals surface area (Å²) in [4.78, 5) is 30.3. The van der Waals surface area contributed by atoms with E-state index in [-0.39, 0.29) is 36.2 Å². The van der Waals surface area contributed by atoms with Gasteiger partial charge in [-0.3, -0.25) is 10.2 Å². The molecular formula is C24H40N4O4. The minimum Gasteiger partial charge on any atom is -0.447 e. The van der Waals surface area contributed by atoms with Crippen LogP contribution in [0.3, 0.4) is 0 Å². The van der Waals surface area contributed by atoms with E-state index in [4.69, 9.17) is 9.47 Å². The molecule has 0 aromatic heterocycles. The van der Waals surface area contributed by atoms with Gasteiger partial charge in [-0.1, -0.05) is 0 Å². The predicted molar refractivity (Wildman–Crippen MR) is 120 cm³/mol. The molecule has 0 bridgehead atoms. The fourth-order valence-electron chi connectivity index (χ4n) is 6.30. The normalized spacial score (nSPS) is 36.2. The Kier molecular flexibility index (Phi) is 6.38. The van der Waals surface area contributed by atoms with Gasteiger partial charge >= 0.3 is 6.09 Å². The number of rotatable bonds is 5. The minimum absolute atomic E-state index is 0.0500. The Hall–Kier alpha value is -1.38. The van der Waals surface area contributed by atoms with E-state index in [1.165, 1.54) is 0 Å². The SMILES string of the molecule is CC(C)OC(=O)N1C[C@H](C)N(C(=O)C2CC2)C2CCC(C3CNN(CC4COC4)C3)CC21. The maximum Gasteiger partial charge on any atom is 0.410 e. The summed E-state index contributed by atoms with van der Waals surface area (Å²) in [5.74, 6) is 2.34. The number of ether oxygens (including phenoxy) is 2. The van der Waals surface area contributed by atoms with E-state index in [1.54, 1.807) is 0 Å². The fourth-order valence-corrected chi connectivity index (χ4v) is 6.30. The van der Waals surface area contributed by atoms with Crippen molar-refractivity contribution in [2.24, 2.45) is 23.7 Å². The Balaban J connectivity index is 1.29. The lowest BCUT2D eigenvalue weighted by atomic mass is 9.73. The third-order valence-corrected chi connectivity index (χ3v) is 8.15. The summed E-state index contributed by atoms with van der Waals surface area (Å²) < 4.78 is 11.0. The number of piperazine rings is 1. The molecule has 3 aliphatic heterocycles. The van der Waals surface area contributed by atoms with Gasteiger partial charge in [-0.25, -0.2) is 9.80 Å². The second-order valence-electron chi connectivity index (χ2n) is 11.1. The lowest BCUT2D eigenvalue weighted by Gasteiger charge is -2.54. The van der Waals surface area contributed by atoms with Gasteiger partial charge in [0.1, 0.15) is 0 Å². The van der Waals surface area contributed by atoms with Crippen LogP contribution in [0.5, 0.6) is 0 Å². The van der Waals surface area contributed by atoms with Gasteiger partial charge in [0.25, 0.3) is 0 Å². The lowest BCUT2D eigenvalue weighted by Crippen LogP contribution is -2.67. The highest BCUT2D eigenvalue weighted by molar-refractivity contribution is 5.82. The second-order valence-corrected chi connectivity index (χ2v) is 11.1. The number of nitrogens with one attached hydrogen (secondary N) is 1. The number of nitrogens with zero attached hydrogens (tertiary/aromatic N) is 3. The molecule has 5 fully saturated rings. The molecule has 2 amide bonds. The Morgan fingerprint density at radius 2 is 1.84 bits per heavy atom. The lowest BCUT2D eigenvalue weighted by molar-refractivity contribution is -0.146. The fraction of sp³-hybridized carbons (Fsp3) is 0.917. The van der Waals surface area contributed by atoms with Crippen molar-refractivity contribution in [1.82, 2.24) is 20.2 Å². The Bertz CT molecular complexity index is 710. The zero-order chi connectivity index (χ0) is 22.4. The maximum absolute atomic E-state index is 13.2. The number of amides is 2. The Labute approximate surface area is 191 Å². The molecule has 4 unspecified atom stereocenters. The standard InChI is InChI=1S/C24H40N4O4/c1-15(2)32-24(30)27-10-16(3)28(23(29)18-4-5-18)21-7-6-19(8-22(21)27)20-9-25-26(12-20)11-17-13-31-14-17/h15-22,25H,4-14H2,1-3H3/t16-,19?,20?,21?,22?/m0/s1. The van der Waals surface area contributed by atoms with E-state index < -0.39 is 0 Å². The molecule has 5 aliphatic rings. The van der Waals surface area contributed by atoms with Crippen LogP contribution in [0.15, 0.2) is 0 Å². The average Bonchev–Trinajstić information content (AvgIpc) is 3.47. The number of carbonyl (C=O) groups is 2. The van der Waals surface area contributed by atoms with Crippen molar-refractivity contribution < 1.29 is 19.1 Å². The van der Waals surface area contributed by atoms with Crippen molar-refractivity contribution in [3.8, 4) is 0 Å². The van der Waals surface area contributed by atoms with Crippen molar-refractivity contribution in [2.45, 2.75) is 77.1 Å². The summed E-state index contributed by atoms with van der Waals surface area (Å²) in [6, 6.07) is 0.238. The molecule has 2 aliphatic carbocycles. The van der Waals surface area contributed by atoms with Crippen LogP contribution >= 0.6 is 0 Å². The van der Waals surface area contributed by atoms with Gasteiger partial charge in [0, 0.05) is 44.1 Å². The van der Waals surface area contributed by atoms with Crippen LogP contribution in [0.4, 0.5) is 4.79 Å². The summed E-state index contributed by atoms with van der Waals surface area (Å²) in [6.45, 7) is 11.4. The minimum atomic E-state index is -0.211. The molecular weight excluding hydrogens is 408 g/mol. The van der Waals surface area contributed by atoms with E-state index in [9.17, 15) is 9.59 Å². The number of hydrogen-bond acceptors (Lipinski definition) is 6. The summed E-state index contributed by atoms with van der Waals surface area (Å²) in [5, 5.41) is 2.38. The molecule has 32 heavy (non-hydrogen) atoms. The van der Waals surface area contributed by atoms with Crippen molar-refractivity contribution in [3.63, 3.8) is 0 Å². The number of hydrazine groups is 1. The van der Waals surface area contributed by atoms with Crippen LogP contribution < -0.4 is 5.43 Å². The highest BCUT2D eigenvalue weighted by Gasteiger charge is 2.51. The van der Waals surface area contributed by atoms with Gasteiger partial charge in [-0.2, -0.15) is 0 Å². The highest BCUT2D eigenvalue weighted by atomic mass is 16.6. The molecule has 8 nitrogen and oxygen atoms in total. The van der Waals surface area contributed by atoms with Crippen LogP contribution in [0.2, 0.25) is 0 Å². The van der Waals surface area contributed by atoms with Gasteiger partial charge in [-0.05, 0) is 64.7 Å². The molecule has 0 spiro atoms. The molecule has 180 valence electrons. The third-order valence-electron chi connectivity index (χ3n) is 8.15. The molecule has 0 aromatic carbocycles. The summed E-state index contributed by atoms with van der Waals surface area (Å²) >= 11 is 0. The topological polar surface area (TPSA) is 74.4 Å². The van der Waals surface area contributed by atoms with Gasteiger partial charge in [-0.15, -0.1) is 0 Å². The zero-order valence-electron chi connectivity index (χ0n) is 19.9. The van der Waals surface area contributed by atoms with E-state index >= 15 is 0 Å². The third kappa shape index (κ3) is 4.50. The van der Waals surface area contributed by atoms with Crippen LogP contribution in [-0.2, 0) is 14.3 Å². The quantitative estimate of drug-likeness (QED) is 0.694. The molecule has 8 heteroatoms. The maximum atomic E-state index is 13.2. The van der Waals surface area contributed by atoms with Crippen LogP contribution in [-0.4, -0.2) is 90.4 Å². The van der Waals surface area contributed by atoms with Gasteiger partial charge < -0.3 is 19.3 Å². The van der Waals surface area contributed by atoms with E-state index in [2.05, 4.69) is 22.3 Å². The number of fused-ring (bicyclic) bond motifs is 1. The van der Waals surface area contributed by atoms with Crippen LogP contribution in [0, 0.1) is 23.7 Å². The number of carbonyl (C=O) groups excluding carboxylic acids is 2. The first-order valence-electron chi connectivity index (χ1n) is 12.8. The zero-order valence-corrected chi connectivity index (χ0v) is 19.9. The molecule has 5 rings (SSSR count). The van der Waals surface area contributed by atoms with Gasteiger partial charge in [0.05, 0.1) is 31.4 Å². The van der Waals surface area contributed by atoms with E-state index in [0.717, 1.165) is 65.0 Å². The van der Waals surface area contributed by atoms with E-state index in [0.29, 0.717) is 30.2 Å². The first-order valence-corrected chi connectivity index (χ1v) is 12.8. The molecule has 5 atom stereocenters. The highest BCUT2D eigenvalue weighted by Crippen LogP contribution is 2.42. The molecule has 3 heterocycles. The van der Waals surface area contributed by atoms with Crippen LogP contribution in [0.25, 0.3) is 0 Å². The first kappa shape index (κ1) is 22.4. The molecule has 0 radical (unpaired) electrons. The monoisotopic (exact) mass is 448 g/mol. The summed E-state index contributed by atoms with van der Waals surface area (Å²) in [7, 11) is 0. The largest absolute Gasteiger partial charge is 0.447 e. The average molecular weight is 449 g/mol. The predicted octanol–water partition coefficient (Wildman–Crippen LogP) is 2.09. The molecule has 0 aromatic rings. The number of hydrogen-bond donors (Lipinski definition) is 1. The Morgan fingerprint density at radius 3 is 2.50 bits per heavy atom. The summed E-state index contributed by atoms with van der Waals surface area (Å²) in [5.41, 5.74) is 3.60. The van der Waals surface area contributed by atoms with Crippen molar-refractivity contribution >= 4 is 12.0 Å². The molecule has 3 saturated heterocycles. The smallest absolute Gasteiger partial charge is 0.410 e.